The number of anilines is 1. The number of carbonyl (C=O) groups is 1. The number of carbonyl (C=O) groups excluding carboxylic acids is 1. The van der Waals surface area contributed by atoms with Crippen molar-refractivity contribution in [3.05, 3.63) is 59.2 Å². The standard InChI is InChI=1S/C20H24N2O3S/c1-14-4-7-18(8-5-14)22-13-17(11-20(22)23)12-21-26(24,25)19-9-6-15(2)16(3)10-19/h4-10,17,21H,11-13H2,1-3H3/t17-/m1/s1. The summed E-state index contributed by atoms with van der Waals surface area (Å²) in [6.07, 6.45) is 0.351. The van der Waals surface area contributed by atoms with Crippen molar-refractivity contribution >= 4 is 21.6 Å². The monoisotopic (exact) mass is 372 g/mol. The fourth-order valence-corrected chi connectivity index (χ4v) is 4.29. The first-order chi connectivity index (χ1) is 12.3. The highest BCUT2D eigenvalue weighted by atomic mass is 32.2. The molecular formula is C20H24N2O3S. The molecule has 1 heterocycles. The molecule has 6 heteroatoms. The molecule has 0 bridgehead atoms. The normalized spacial score (nSPS) is 17.7. The van der Waals surface area contributed by atoms with Gasteiger partial charge in [-0.15, -0.1) is 0 Å². The van der Waals surface area contributed by atoms with E-state index in [1.807, 2.05) is 51.1 Å². The van der Waals surface area contributed by atoms with Crippen LogP contribution in [0.1, 0.15) is 23.1 Å². The molecule has 0 aromatic heterocycles. The maximum atomic E-state index is 12.5. The Hall–Kier alpha value is -2.18. The number of sulfonamides is 1. The summed E-state index contributed by atoms with van der Waals surface area (Å²) in [5, 5.41) is 0. The lowest BCUT2D eigenvalue weighted by molar-refractivity contribution is -0.117. The summed E-state index contributed by atoms with van der Waals surface area (Å²) in [4.78, 5) is 14.3. The van der Waals surface area contributed by atoms with E-state index in [0.29, 0.717) is 13.0 Å². The average molecular weight is 372 g/mol. The number of nitrogens with one attached hydrogen (secondary N) is 1. The average Bonchev–Trinajstić information content (AvgIpc) is 2.97. The third-order valence-corrected chi connectivity index (χ3v) is 6.32. The molecule has 1 N–H and O–H groups in total. The Labute approximate surface area is 155 Å². The molecule has 3 rings (SSSR count). The quantitative estimate of drug-likeness (QED) is 0.877. The van der Waals surface area contributed by atoms with E-state index in [0.717, 1.165) is 22.4 Å². The Morgan fingerprint density at radius 2 is 1.73 bits per heavy atom. The molecule has 1 aliphatic heterocycles. The predicted molar refractivity (Wildman–Crippen MR) is 103 cm³/mol. The minimum absolute atomic E-state index is 0.0317. The van der Waals surface area contributed by atoms with E-state index in [-0.39, 0.29) is 23.3 Å². The highest BCUT2D eigenvalue weighted by Gasteiger charge is 2.31. The minimum atomic E-state index is -3.57. The summed E-state index contributed by atoms with van der Waals surface area (Å²) in [5.74, 6) is -0.00523. The van der Waals surface area contributed by atoms with Gasteiger partial charge in [0, 0.05) is 25.2 Å². The van der Waals surface area contributed by atoms with Gasteiger partial charge < -0.3 is 4.90 Å². The topological polar surface area (TPSA) is 66.5 Å². The molecule has 26 heavy (non-hydrogen) atoms. The molecule has 0 saturated carbocycles. The molecule has 1 aliphatic rings. The largest absolute Gasteiger partial charge is 0.312 e. The maximum Gasteiger partial charge on any atom is 0.240 e. The molecule has 2 aromatic rings. The SMILES string of the molecule is Cc1ccc(N2C[C@@H](CNS(=O)(=O)c3ccc(C)c(C)c3)CC2=O)cc1. The number of hydrogen-bond donors (Lipinski definition) is 1. The predicted octanol–water partition coefficient (Wildman–Crippen LogP) is 2.94. The van der Waals surface area contributed by atoms with Gasteiger partial charge in [0.1, 0.15) is 0 Å². The zero-order valence-electron chi connectivity index (χ0n) is 15.3. The fourth-order valence-electron chi connectivity index (χ4n) is 3.08. The lowest BCUT2D eigenvalue weighted by Gasteiger charge is -2.17. The van der Waals surface area contributed by atoms with Crippen molar-refractivity contribution in [1.82, 2.24) is 4.72 Å². The van der Waals surface area contributed by atoms with Crippen LogP contribution >= 0.6 is 0 Å². The number of hydrogen-bond acceptors (Lipinski definition) is 3. The molecule has 1 amide bonds. The van der Waals surface area contributed by atoms with Gasteiger partial charge in [-0.25, -0.2) is 13.1 Å². The van der Waals surface area contributed by atoms with Crippen LogP contribution in [0.4, 0.5) is 5.69 Å². The van der Waals surface area contributed by atoms with Crippen molar-refractivity contribution in [1.29, 1.82) is 0 Å². The van der Waals surface area contributed by atoms with Gasteiger partial charge in [0.05, 0.1) is 4.90 Å². The summed E-state index contributed by atoms with van der Waals surface area (Å²) >= 11 is 0. The smallest absolute Gasteiger partial charge is 0.240 e. The maximum absolute atomic E-state index is 12.5. The Bertz CT molecular complexity index is 921. The van der Waals surface area contributed by atoms with Crippen molar-refractivity contribution in [2.45, 2.75) is 32.1 Å². The lowest BCUT2D eigenvalue weighted by Crippen LogP contribution is -2.31. The van der Waals surface area contributed by atoms with E-state index >= 15 is 0 Å². The summed E-state index contributed by atoms with van der Waals surface area (Å²) in [6.45, 7) is 6.62. The van der Waals surface area contributed by atoms with E-state index in [4.69, 9.17) is 0 Å². The molecule has 1 saturated heterocycles. The molecule has 0 aliphatic carbocycles. The minimum Gasteiger partial charge on any atom is -0.312 e. The van der Waals surface area contributed by atoms with Gasteiger partial charge >= 0.3 is 0 Å². The molecule has 2 aromatic carbocycles. The van der Waals surface area contributed by atoms with Crippen LogP contribution in [0.25, 0.3) is 0 Å². The van der Waals surface area contributed by atoms with Crippen molar-refractivity contribution < 1.29 is 13.2 Å². The third kappa shape index (κ3) is 3.97. The molecule has 0 spiro atoms. The van der Waals surface area contributed by atoms with Crippen LogP contribution < -0.4 is 9.62 Å². The molecule has 0 unspecified atom stereocenters. The van der Waals surface area contributed by atoms with Crippen LogP contribution in [0.3, 0.4) is 0 Å². The molecule has 0 radical (unpaired) electrons. The molecule has 1 fully saturated rings. The van der Waals surface area contributed by atoms with Gasteiger partial charge in [-0.1, -0.05) is 23.8 Å². The number of rotatable bonds is 5. The second-order valence-electron chi connectivity index (χ2n) is 7.01. The van der Waals surface area contributed by atoms with Gasteiger partial charge in [-0.3, -0.25) is 4.79 Å². The Morgan fingerprint density at radius 1 is 1.04 bits per heavy atom. The Kier molecular flexibility index (Phi) is 5.16. The van der Waals surface area contributed by atoms with Crippen LogP contribution in [-0.4, -0.2) is 27.4 Å². The Morgan fingerprint density at radius 3 is 2.38 bits per heavy atom. The highest BCUT2D eigenvalue weighted by Crippen LogP contribution is 2.25. The first kappa shape index (κ1) is 18.6. The zero-order valence-corrected chi connectivity index (χ0v) is 16.1. The second-order valence-corrected chi connectivity index (χ2v) is 8.77. The first-order valence-electron chi connectivity index (χ1n) is 8.70. The van der Waals surface area contributed by atoms with Gasteiger partial charge in [0.15, 0.2) is 0 Å². The number of benzene rings is 2. The van der Waals surface area contributed by atoms with E-state index in [2.05, 4.69) is 4.72 Å². The van der Waals surface area contributed by atoms with Gasteiger partial charge in [0.2, 0.25) is 15.9 Å². The van der Waals surface area contributed by atoms with E-state index in [9.17, 15) is 13.2 Å². The molecule has 5 nitrogen and oxygen atoms in total. The van der Waals surface area contributed by atoms with Crippen LogP contribution in [0.2, 0.25) is 0 Å². The summed E-state index contributed by atoms with van der Waals surface area (Å²) in [5.41, 5.74) is 3.99. The van der Waals surface area contributed by atoms with E-state index < -0.39 is 10.0 Å². The fraction of sp³-hybridized carbons (Fsp3) is 0.350. The Balaban J connectivity index is 1.65. The second kappa shape index (κ2) is 7.21. The van der Waals surface area contributed by atoms with Crippen LogP contribution in [0.5, 0.6) is 0 Å². The van der Waals surface area contributed by atoms with Crippen molar-refractivity contribution in [3.8, 4) is 0 Å². The lowest BCUT2D eigenvalue weighted by atomic mass is 10.1. The van der Waals surface area contributed by atoms with Crippen LogP contribution in [0, 0.1) is 26.7 Å². The number of amides is 1. The van der Waals surface area contributed by atoms with Gasteiger partial charge in [-0.2, -0.15) is 0 Å². The third-order valence-electron chi connectivity index (χ3n) is 4.90. The van der Waals surface area contributed by atoms with Gasteiger partial charge in [0.25, 0.3) is 0 Å². The van der Waals surface area contributed by atoms with Crippen LogP contribution in [0.15, 0.2) is 47.4 Å². The van der Waals surface area contributed by atoms with Crippen molar-refractivity contribution in [2.24, 2.45) is 5.92 Å². The van der Waals surface area contributed by atoms with Crippen LogP contribution in [-0.2, 0) is 14.8 Å². The number of aryl methyl sites for hydroxylation is 3. The number of nitrogens with zero attached hydrogens (tertiary/aromatic N) is 1. The zero-order chi connectivity index (χ0) is 18.9. The van der Waals surface area contributed by atoms with Crippen molar-refractivity contribution in [2.75, 3.05) is 18.0 Å². The first-order valence-corrected chi connectivity index (χ1v) is 10.2. The highest BCUT2D eigenvalue weighted by molar-refractivity contribution is 7.89. The summed E-state index contributed by atoms with van der Waals surface area (Å²) in [7, 11) is -3.57. The van der Waals surface area contributed by atoms with Crippen molar-refractivity contribution in [3.63, 3.8) is 0 Å². The summed E-state index contributed by atoms with van der Waals surface area (Å²) in [6, 6.07) is 12.9. The molecular weight excluding hydrogens is 348 g/mol. The van der Waals surface area contributed by atoms with Gasteiger partial charge in [-0.05, 0) is 62.1 Å². The van der Waals surface area contributed by atoms with E-state index in [1.165, 1.54) is 0 Å². The molecule has 138 valence electrons. The summed E-state index contributed by atoms with van der Waals surface area (Å²) < 4.78 is 27.7. The van der Waals surface area contributed by atoms with E-state index in [1.54, 1.807) is 17.0 Å². The molecule has 1 atom stereocenters.